The zero-order valence-electron chi connectivity index (χ0n) is 8.87. The summed E-state index contributed by atoms with van der Waals surface area (Å²) in [5.74, 6) is 0.853. The van der Waals surface area contributed by atoms with E-state index in [9.17, 15) is 0 Å². The Hall–Kier alpha value is -0.410. The lowest BCUT2D eigenvalue weighted by molar-refractivity contribution is 0.427. The lowest BCUT2D eigenvalue weighted by Gasteiger charge is -2.23. The third-order valence-electron chi connectivity index (χ3n) is 2.38. The zero-order chi connectivity index (χ0) is 10.7. The molecule has 1 aromatic rings. The van der Waals surface area contributed by atoms with Gasteiger partial charge in [0.05, 0.1) is 0 Å². The number of nitrogens with zero attached hydrogens (tertiary/aromatic N) is 1. The van der Waals surface area contributed by atoms with Gasteiger partial charge in [0.15, 0.2) is 0 Å². The minimum absolute atomic E-state index is 0.142. The molecule has 0 radical (unpaired) electrons. The van der Waals surface area contributed by atoms with Gasteiger partial charge < -0.3 is 5.73 Å². The molecule has 0 bridgehead atoms. The Balaban J connectivity index is 2.94. The van der Waals surface area contributed by atoms with Crippen molar-refractivity contribution in [3.8, 4) is 0 Å². The monoisotopic (exact) mass is 256 g/mol. The van der Waals surface area contributed by atoms with Gasteiger partial charge in [0, 0.05) is 28.3 Å². The summed E-state index contributed by atoms with van der Waals surface area (Å²) in [6.45, 7) is 6.39. The maximum atomic E-state index is 5.96. The molecule has 2 unspecified atom stereocenters. The number of rotatable bonds is 3. The lowest BCUT2D eigenvalue weighted by atomic mass is 9.86. The first kappa shape index (κ1) is 11.7. The van der Waals surface area contributed by atoms with Crippen LogP contribution >= 0.6 is 15.9 Å². The molecule has 0 fully saturated rings. The molecular weight excluding hydrogens is 240 g/mol. The molecule has 0 aliphatic carbocycles. The van der Waals surface area contributed by atoms with Crippen molar-refractivity contribution in [3.63, 3.8) is 0 Å². The first-order chi connectivity index (χ1) is 6.52. The van der Waals surface area contributed by atoms with E-state index in [1.165, 1.54) is 0 Å². The van der Waals surface area contributed by atoms with Crippen LogP contribution in [0.3, 0.4) is 0 Å². The summed E-state index contributed by atoms with van der Waals surface area (Å²) in [7, 11) is 0. The average molecular weight is 257 g/mol. The van der Waals surface area contributed by atoms with Gasteiger partial charge in [-0.05, 0) is 40.9 Å². The van der Waals surface area contributed by atoms with Crippen molar-refractivity contribution < 1.29 is 0 Å². The van der Waals surface area contributed by atoms with Crippen LogP contribution in [0.4, 0.5) is 0 Å². The van der Waals surface area contributed by atoms with Crippen LogP contribution in [0.15, 0.2) is 22.8 Å². The predicted molar refractivity (Wildman–Crippen MR) is 63.2 cm³/mol. The fraction of sp³-hybridized carbons (Fsp3) is 0.545. The minimum Gasteiger partial charge on any atom is -0.327 e. The van der Waals surface area contributed by atoms with E-state index in [1.54, 1.807) is 0 Å². The molecular formula is C11H17BrN2. The Morgan fingerprint density at radius 3 is 2.29 bits per heavy atom. The van der Waals surface area contributed by atoms with Crippen LogP contribution in [0.1, 0.15) is 32.4 Å². The number of hydrogen-bond acceptors (Lipinski definition) is 2. The van der Waals surface area contributed by atoms with Gasteiger partial charge in [0.25, 0.3) is 0 Å². The standard InChI is InChI=1S/C11H17BrN2/c1-7(2)11(8(3)13)10-5-4-9(12)6-14-10/h4-8,11H,13H2,1-3H3. The van der Waals surface area contributed by atoms with Crippen LogP contribution in [-0.2, 0) is 0 Å². The maximum absolute atomic E-state index is 5.96. The quantitative estimate of drug-likeness (QED) is 0.904. The van der Waals surface area contributed by atoms with E-state index in [4.69, 9.17) is 5.73 Å². The Morgan fingerprint density at radius 1 is 1.29 bits per heavy atom. The zero-order valence-corrected chi connectivity index (χ0v) is 10.5. The predicted octanol–water partition coefficient (Wildman–Crippen LogP) is 2.93. The number of aromatic nitrogens is 1. The third-order valence-corrected chi connectivity index (χ3v) is 2.85. The number of hydrogen-bond donors (Lipinski definition) is 1. The molecule has 0 saturated carbocycles. The fourth-order valence-corrected chi connectivity index (χ4v) is 2.04. The Labute approximate surface area is 94.0 Å². The van der Waals surface area contributed by atoms with Gasteiger partial charge in [-0.1, -0.05) is 13.8 Å². The van der Waals surface area contributed by atoms with Gasteiger partial charge in [0.2, 0.25) is 0 Å². The van der Waals surface area contributed by atoms with Gasteiger partial charge in [-0.3, -0.25) is 4.98 Å². The van der Waals surface area contributed by atoms with Crippen molar-refractivity contribution >= 4 is 15.9 Å². The molecule has 0 spiro atoms. The van der Waals surface area contributed by atoms with E-state index in [2.05, 4.69) is 34.8 Å². The summed E-state index contributed by atoms with van der Waals surface area (Å²) >= 11 is 3.37. The Bertz CT molecular complexity index is 272. The van der Waals surface area contributed by atoms with E-state index in [0.29, 0.717) is 11.8 Å². The van der Waals surface area contributed by atoms with Gasteiger partial charge in [-0.2, -0.15) is 0 Å². The molecule has 2 nitrogen and oxygen atoms in total. The molecule has 0 saturated heterocycles. The summed E-state index contributed by atoms with van der Waals surface area (Å²) in [5, 5.41) is 0. The van der Waals surface area contributed by atoms with Gasteiger partial charge in [-0.25, -0.2) is 0 Å². The molecule has 78 valence electrons. The largest absolute Gasteiger partial charge is 0.327 e. The first-order valence-electron chi connectivity index (χ1n) is 4.89. The van der Waals surface area contributed by atoms with E-state index < -0.39 is 0 Å². The van der Waals surface area contributed by atoms with Crippen molar-refractivity contribution in [3.05, 3.63) is 28.5 Å². The first-order valence-corrected chi connectivity index (χ1v) is 5.68. The van der Waals surface area contributed by atoms with Crippen molar-refractivity contribution in [2.24, 2.45) is 11.7 Å². The molecule has 2 N–H and O–H groups in total. The van der Waals surface area contributed by atoms with Crippen molar-refractivity contribution in [1.82, 2.24) is 4.98 Å². The highest BCUT2D eigenvalue weighted by atomic mass is 79.9. The maximum Gasteiger partial charge on any atom is 0.0453 e. The van der Waals surface area contributed by atoms with Crippen LogP contribution in [0.5, 0.6) is 0 Å². The van der Waals surface area contributed by atoms with Crippen molar-refractivity contribution in [1.29, 1.82) is 0 Å². The van der Waals surface area contributed by atoms with Gasteiger partial charge in [-0.15, -0.1) is 0 Å². The normalized spacial score (nSPS) is 15.6. The highest BCUT2D eigenvalue weighted by Gasteiger charge is 2.20. The molecule has 3 heteroatoms. The Kier molecular flexibility index (Phi) is 4.08. The molecule has 14 heavy (non-hydrogen) atoms. The SMILES string of the molecule is CC(C)C(c1ccc(Br)cn1)C(C)N. The molecule has 0 aromatic carbocycles. The van der Waals surface area contributed by atoms with E-state index in [0.717, 1.165) is 10.2 Å². The van der Waals surface area contributed by atoms with Crippen LogP contribution < -0.4 is 5.73 Å². The lowest BCUT2D eigenvalue weighted by Crippen LogP contribution is -2.29. The molecule has 1 heterocycles. The second-order valence-corrected chi connectivity index (χ2v) is 4.95. The molecule has 0 amide bonds. The van der Waals surface area contributed by atoms with Crippen LogP contribution in [0.25, 0.3) is 0 Å². The second kappa shape index (κ2) is 4.89. The summed E-state index contributed by atoms with van der Waals surface area (Å²) in [5.41, 5.74) is 7.04. The smallest absolute Gasteiger partial charge is 0.0453 e. The third kappa shape index (κ3) is 2.79. The molecule has 1 aromatic heterocycles. The Morgan fingerprint density at radius 2 is 1.93 bits per heavy atom. The van der Waals surface area contributed by atoms with Crippen molar-refractivity contribution in [2.45, 2.75) is 32.7 Å². The number of nitrogens with two attached hydrogens (primary N) is 1. The van der Waals surface area contributed by atoms with Gasteiger partial charge in [0.1, 0.15) is 0 Å². The number of pyridine rings is 1. The summed E-state index contributed by atoms with van der Waals surface area (Å²) in [4.78, 5) is 4.39. The molecule has 0 aliphatic rings. The highest BCUT2D eigenvalue weighted by molar-refractivity contribution is 9.10. The summed E-state index contributed by atoms with van der Waals surface area (Å²) in [6, 6.07) is 4.20. The highest BCUT2D eigenvalue weighted by Crippen LogP contribution is 2.25. The van der Waals surface area contributed by atoms with Crippen LogP contribution in [0.2, 0.25) is 0 Å². The minimum atomic E-state index is 0.142. The van der Waals surface area contributed by atoms with E-state index in [-0.39, 0.29) is 6.04 Å². The molecule has 1 rings (SSSR count). The average Bonchev–Trinajstić information content (AvgIpc) is 2.07. The van der Waals surface area contributed by atoms with Crippen LogP contribution in [-0.4, -0.2) is 11.0 Å². The van der Waals surface area contributed by atoms with Crippen molar-refractivity contribution in [2.75, 3.05) is 0 Å². The molecule has 2 atom stereocenters. The van der Waals surface area contributed by atoms with E-state index in [1.807, 2.05) is 25.3 Å². The van der Waals surface area contributed by atoms with Gasteiger partial charge >= 0.3 is 0 Å². The second-order valence-electron chi connectivity index (χ2n) is 4.03. The van der Waals surface area contributed by atoms with Crippen LogP contribution in [0, 0.1) is 5.92 Å². The molecule has 0 aliphatic heterocycles. The van der Waals surface area contributed by atoms with E-state index >= 15 is 0 Å². The summed E-state index contributed by atoms with van der Waals surface area (Å²) < 4.78 is 1.01. The number of halogens is 1. The summed E-state index contributed by atoms with van der Waals surface area (Å²) in [6.07, 6.45) is 1.83. The fourth-order valence-electron chi connectivity index (χ4n) is 1.80. The topological polar surface area (TPSA) is 38.9 Å².